The topological polar surface area (TPSA) is 49.8 Å². The Labute approximate surface area is 125 Å². The standard InChI is InChI=1S/C17H23NO3/c19-16(13-21-12-14-5-2-1-3-6-14)18-10-4-7-15(11-18)17(20)8-9-17/h1-3,5-6,15,20H,4,7-13H2. The van der Waals surface area contributed by atoms with Gasteiger partial charge < -0.3 is 14.7 Å². The minimum atomic E-state index is -0.482. The Hall–Kier alpha value is -1.39. The molecule has 1 saturated heterocycles. The van der Waals surface area contributed by atoms with Crippen molar-refractivity contribution in [2.45, 2.75) is 37.9 Å². The third kappa shape index (κ3) is 3.63. The van der Waals surface area contributed by atoms with Crippen molar-refractivity contribution < 1.29 is 14.6 Å². The van der Waals surface area contributed by atoms with Gasteiger partial charge in [-0.3, -0.25) is 4.79 Å². The predicted molar refractivity (Wildman–Crippen MR) is 79.6 cm³/mol. The van der Waals surface area contributed by atoms with Gasteiger partial charge in [0.25, 0.3) is 0 Å². The van der Waals surface area contributed by atoms with E-state index in [4.69, 9.17) is 4.74 Å². The summed E-state index contributed by atoms with van der Waals surface area (Å²) >= 11 is 0. The third-order valence-electron chi connectivity index (χ3n) is 4.63. The Morgan fingerprint density at radius 3 is 2.81 bits per heavy atom. The smallest absolute Gasteiger partial charge is 0.248 e. The summed E-state index contributed by atoms with van der Waals surface area (Å²) in [6, 6.07) is 9.87. The van der Waals surface area contributed by atoms with E-state index in [1.165, 1.54) is 0 Å². The predicted octanol–water partition coefficient (Wildman–Crippen LogP) is 1.97. The number of likely N-dealkylation sites (tertiary alicyclic amines) is 1. The van der Waals surface area contributed by atoms with E-state index < -0.39 is 5.60 Å². The molecule has 0 aromatic heterocycles. The van der Waals surface area contributed by atoms with Gasteiger partial charge in [0.2, 0.25) is 5.91 Å². The molecule has 1 aromatic rings. The normalized spacial score (nSPS) is 23.9. The monoisotopic (exact) mass is 289 g/mol. The molecule has 1 heterocycles. The van der Waals surface area contributed by atoms with Crippen molar-refractivity contribution in [2.24, 2.45) is 5.92 Å². The van der Waals surface area contributed by atoms with Gasteiger partial charge in [-0.25, -0.2) is 0 Å². The maximum atomic E-state index is 12.2. The highest BCUT2D eigenvalue weighted by atomic mass is 16.5. The molecular formula is C17H23NO3. The number of benzene rings is 1. The van der Waals surface area contributed by atoms with E-state index in [0.29, 0.717) is 13.2 Å². The van der Waals surface area contributed by atoms with Crippen molar-refractivity contribution in [2.75, 3.05) is 19.7 Å². The molecule has 0 bridgehead atoms. The molecule has 2 fully saturated rings. The Balaban J connectivity index is 1.44. The van der Waals surface area contributed by atoms with Gasteiger partial charge in [0.1, 0.15) is 6.61 Å². The zero-order valence-corrected chi connectivity index (χ0v) is 12.3. The van der Waals surface area contributed by atoms with Crippen LogP contribution >= 0.6 is 0 Å². The average Bonchev–Trinajstić information content (AvgIpc) is 3.27. The highest BCUT2D eigenvalue weighted by molar-refractivity contribution is 5.77. The van der Waals surface area contributed by atoms with Crippen LogP contribution in [0, 0.1) is 5.92 Å². The molecular weight excluding hydrogens is 266 g/mol. The van der Waals surface area contributed by atoms with Crippen LogP contribution in [0.25, 0.3) is 0 Å². The number of nitrogens with zero attached hydrogens (tertiary/aromatic N) is 1. The second-order valence-corrected chi connectivity index (χ2v) is 6.26. The van der Waals surface area contributed by atoms with Gasteiger partial charge in [-0.2, -0.15) is 0 Å². The van der Waals surface area contributed by atoms with Crippen molar-refractivity contribution in [1.82, 2.24) is 4.90 Å². The fourth-order valence-electron chi connectivity index (χ4n) is 3.10. The zero-order valence-electron chi connectivity index (χ0n) is 12.3. The lowest BCUT2D eigenvalue weighted by Crippen LogP contribution is -2.45. The Bertz CT molecular complexity index is 484. The molecule has 3 rings (SSSR count). The Kier molecular flexibility index (Phi) is 4.27. The molecule has 1 unspecified atom stereocenters. The van der Waals surface area contributed by atoms with Crippen LogP contribution in [0.15, 0.2) is 30.3 Å². The highest BCUT2D eigenvalue weighted by Gasteiger charge is 2.48. The Morgan fingerprint density at radius 2 is 2.10 bits per heavy atom. The molecule has 1 atom stereocenters. The molecule has 0 spiro atoms. The fraction of sp³-hybridized carbons (Fsp3) is 0.588. The molecule has 1 saturated carbocycles. The number of piperidine rings is 1. The third-order valence-corrected chi connectivity index (χ3v) is 4.63. The molecule has 4 nitrogen and oxygen atoms in total. The van der Waals surface area contributed by atoms with Gasteiger partial charge in [-0.1, -0.05) is 30.3 Å². The largest absolute Gasteiger partial charge is 0.390 e. The van der Waals surface area contributed by atoms with E-state index >= 15 is 0 Å². The maximum absolute atomic E-state index is 12.2. The number of rotatable bonds is 5. The molecule has 2 aliphatic rings. The molecule has 1 aliphatic heterocycles. The van der Waals surface area contributed by atoms with E-state index in [2.05, 4.69) is 0 Å². The maximum Gasteiger partial charge on any atom is 0.248 e. The first-order valence-electron chi connectivity index (χ1n) is 7.79. The molecule has 1 amide bonds. The van der Waals surface area contributed by atoms with E-state index in [0.717, 1.165) is 37.8 Å². The van der Waals surface area contributed by atoms with Crippen LogP contribution in [-0.4, -0.2) is 41.2 Å². The molecule has 0 radical (unpaired) electrons. The van der Waals surface area contributed by atoms with Crippen molar-refractivity contribution >= 4 is 5.91 Å². The summed E-state index contributed by atoms with van der Waals surface area (Å²) in [6.07, 6.45) is 3.80. The van der Waals surface area contributed by atoms with E-state index in [1.54, 1.807) is 0 Å². The van der Waals surface area contributed by atoms with Crippen LogP contribution in [-0.2, 0) is 16.1 Å². The minimum Gasteiger partial charge on any atom is -0.390 e. The number of aliphatic hydroxyl groups is 1. The van der Waals surface area contributed by atoms with Crippen LogP contribution in [0.1, 0.15) is 31.2 Å². The molecule has 4 heteroatoms. The molecule has 1 N–H and O–H groups in total. The van der Waals surface area contributed by atoms with Crippen molar-refractivity contribution in [1.29, 1.82) is 0 Å². The van der Waals surface area contributed by atoms with Crippen molar-refractivity contribution in [3.63, 3.8) is 0 Å². The molecule has 1 aromatic carbocycles. The average molecular weight is 289 g/mol. The van der Waals surface area contributed by atoms with Crippen LogP contribution < -0.4 is 0 Å². The van der Waals surface area contributed by atoms with E-state index in [1.807, 2.05) is 35.2 Å². The lowest BCUT2D eigenvalue weighted by Gasteiger charge is -2.35. The zero-order chi connectivity index (χ0) is 14.7. The number of hydrogen-bond acceptors (Lipinski definition) is 3. The van der Waals surface area contributed by atoms with Gasteiger partial charge in [0, 0.05) is 19.0 Å². The summed E-state index contributed by atoms with van der Waals surface area (Å²) in [7, 11) is 0. The number of carbonyl (C=O) groups excluding carboxylic acids is 1. The van der Waals surface area contributed by atoms with Gasteiger partial charge in [-0.05, 0) is 31.2 Å². The lowest BCUT2D eigenvalue weighted by molar-refractivity contribution is -0.139. The second-order valence-electron chi connectivity index (χ2n) is 6.26. The first-order valence-corrected chi connectivity index (χ1v) is 7.79. The van der Waals surface area contributed by atoms with Crippen LogP contribution in [0.3, 0.4) is 0 Å². The Morgan fingerprint density at radius 1 is 1.33 bits per heavy atom. The van der Waals surface area contributed by atoms with E-state index in [-0.39, 0.29) is 18.4 Å². The summed E-state index contributed by atoms with van der Waals surface area (Å²) in [6.45, 7) is 2.07. The number of ether oxygens (including phenoxy) is 1. The molecule has 114 valence electrons. The van der Waals surface area contributed by atoms with Gasteiger partial charge in [-0.15, -0.1) is 0 Å². The van der Waals surface area contributed by atoms with E-state index in [9.17, 15) is 9.90 Å². The van der Waals surface area contributed by atoms with Gasteiger partial charge >= 0.3 is 0 Å². The quantitative estimate of drug-likeness (QED) is 0.901. The fourth-order valence-corrected chi connectivity index (χ4v) is 3.10. The highest BCUT2D eigenvalue weighted by Crippen LogP contribution is 2.45. The summed E-state index contributed by atoms with van der Waals surface area (Å²) in [5, 5.41) is 10.2. The summed E-state index contributed by atoms with van der Waals surface area (Å²) in [5.41, 5.74) is 0.596. The summed E-state index contributed by atoms with van der Waals surface area (Å²) < 4.78 is 5.52. The number of carbonyl (C=O) groups is 1. The SMILES string of the molecule is O=C(COCc1ccccc1)N1CCCC(C2(O)CC2)C1. The van der Waals surface area contributed by atoms with Gasteiger partial charge in [0.15, 0.2) is 0 Å². The van der Waals surface area contributed by atoms with Gasteiger partial charge in [0.05, 0.1) is 12.2 Å². The number of hydrogen-bond donors (Lipinski definition) is 1. The molecule has 21 heavy (non-hydrogen) atoms. The lowest BCUT2D eigenvalue weighted by atomic mass is 9.90. The summed E-state index contributed by atoms with van der Waals surface area (Å²) in [4.78, 5) is 14.1. The number of amides is 1. The summed E-state index contributed by atoms with van der Waals surface area (Å²) in [5.74, 6) is 0.296. The van der Waals surface area contributed by atoms with Crippen molar-refractivity contribution in [3.8, 4) is 0 Å². The van der Waals surface area contributed by atoms with Crippen LogP contribution in [0.2, 0.25) is 0 Å². The van der Waals surface area contributed by atoms with Crippen LogP contribution in [0.4, 0.5) is 0 Å². The first-order chi connectivity index (χ1) is 10.2. The second kappa shape index (κ2) is 6.16. The van der Waals surface area contributed by atoms with Crippen molar-refractivity contribution in [3.05, 3.63) is 35.9 Å². The minimum absolute atomic E-state index is 0.0416. The molecule has 1 aliphatic carbocycles. The first kappa shape index (κ1) is 14.5. The van der Waals surface area contributed by atoms with Crippen LogP contribution in [0.5, 0.6) is 0 Å².